The van der Waals surface area contributed by atoms with Crippen molar-refractivity contribution in [3.05, 3.63) is 70.8 Å². The van der Waals surface area contributed by atoms with Gasteiger partial charge in [-0.25, -0.2) is 11.7 Å². The molecule has 0 aliphatic rings. The molecular formula is C16H14N4O2. The van der Waals surface area contributed by atoms with Crippen molar-refractivity contribution in [3.8, 4) is 11.8 Å². The summed E-state index contributed by atoms with van der Waals surface area (Å²) in [4.78, 5) is 22.6. The van der Waals surface area contributed by atoms with Gasteiger partial charge in [0.05, 0.1) is 0 Å². The van der Waals surface area contributed by atoms with Crippen LogP contribution in [0.4, 0.5) is 0 Å². The van der Waals surface area contributed by atoms with Crippen molar-refractivity contribution in [3.63, 3.8) is 0 Å². The lowest BCUT2D eigenvalue weighted by Crippen LogP contribution is -2.29. The summed E-state index contributed by atoms with van der Waals surface area (Å²) >= 11 is 0. The Hall–Kier alpha value is -3.14. The van der Waals surface area contributed by atoms with Gasteiger partial charge in [0.2, 0.25) is 0 Å². The summed E-state index contributed by atoms with van der Waals surface area (Å²) in [5.74, 6) is 15.3. The quantitative estimate of drug-likeness (QED) is 0.276. The zero-order valence-corrected chi connectivity index (χ0v) is 11.6. The third kappa shape index (κ3) is 3.70. The lowest BCUT2D eigenvalue weighted by atomic mass is 10.1. The number of nitrogens with two attached hydrogens (primary N) is 2. The van der Waals surface area contributed by atoms with Gasteiger partial charge in [0, 0.05) is 22.3 Å². The van der Waals surface area contributed by atoms with E-state index in [1.54, 1.807) is 48.5 Å². The molecule has 22 heavy (non-hydrogen) atoms. The molecule has 0 fully saturated rings. The van der Waals surface area contributed by atoms with E-state index < -0.39 is 0 Å². The van der Waals surface area contributed by atoms with Crippen LogP contribution in [0.15, 0.2) is 48.5 Å². The second-order valence-electron chi connectivity index (χ2n) is 4.35. The maximum Gasteiger partial charge on any atom is 0.265 e. The fraction of sp³-hybridized carbons (Fsp3) is 0. The monoisotopic (exact) mass is 294 g/mol. The smallest absolute Gasteiger partial charge is 0.265 e. The second-order valence-corrected chi connectivity index (χ2v) is 4.35. The number of carbonyl (C=O) groups is 2. The normalized spacial score (nSPS) is 9.36. The first kappa shape index (κ1) is 15.3. The molecule has 0 aliphatic heterocycles. The molecule has 0 saturated heterocycles. The molecular weight excluding hydrogens is 280 g/mol. The molecule has 2 aromatic carbocycles. The van der Waals surface area contributed by atoms with Crippen molar-refractivity contribution < 1.29 is 9.59 Å². The number of nitrogens with one attached hydrogen (secondary N) is 2. The van der Waals surface area contributed by atoms with Crippen LogP contribution in [0.3, 0.4) is 0 Å². The number of hydrazine groups is 2. The van der Waals surface area contributed by atoms with Crippen LogP contribution in [-0.4, -0.2) is 11.8 Å². The minimum atomic E-state index is -0.353. The number of nitrogen functional groups attached to an aromatic ring is 2. The third-order valence-corrected chi connectivity index (χ3v) is 2.91. The Kier molecular flexibility index (Phi) is 4.88. The number of carbonyl (C=O) groups excluding carboxylic acids is 2. The fourth-order valence-electron chi connectivity index (χ4n) is 1.72. The van der Waals surface area contributed by atoms with Crippen LogP contribution in [-0.2, 0) is 0 Å². The van der Waals surface area contributed by atoms with Crippen LogP contribution in [0, 0.1) is 11.8 Å². The lowest BCUT2D eigenvalue weighted by Gasteiger charge is -1.99. The Morgan fingerprint density at radius 3 is 1.27 bits per heavy atom. The molecule has 0 radical (unpaired) electrons. The van der Waals surface area contributed by atoms with Gasteiger partial charge >= 0.3 is 0 Å². The molecule has 6 nitrogen and oxygen atoms in total. The zero-order valence-electron chi connectivity index (χ0n) is 11.6. The third-order valence-electron chi connectivity index (χ3n) is 2.91. The van der Waals surface area contributed by atoms with Crippen LogP contribution in [0.1, 0.15) is 31.8 Å². The first-order valence-corrected chi connectivity index (χ1v) is 6.38. The average molecular weight is 294 g/mol. The molecule has 6 N–H and O–H groups in total. The summed E-state index contributed by atoms with van der Waals surface area (Å²) in [7, 11) is 0. The molecule has 0 aromatic heterocycles. The van der Waals surface area contributed by atoms with Crippen LogP contribution < -0.4 is 22.5 Å². The SMILES string of the molecule is NNC(=O)c1ccc(C#Cc2ccc(C(=O)NN)cc2)cc1. The van der Waals surface area contributed by atoms with E-state index in [-0.39, 0.29) is 11.8 Å². The molecule has 2 amide bonds. The van der Waals surface area contributed by atoms with Gasteiger partial charge in [-0.05, 0) is 48.5 Å². The molecule has 0 heterocycles. The van der Waals surface area contributed by atoms with Gasteiger partial charge < -0.3 is 0 Å². The first-order valence-electron chi connectivity index (χ1n) is 6.38. The Morgan fingerprint density at radius 2 is 1.00 bits per heavy atom. The van der Waals surface area contributed by atoms with Crippen LogP contribution in [0.5, 0.6) is 0 Å². The van der Waals surface area contributed by atoms with E-state index in [2.05, 4.69) is 22.7 Å². The molecule has 2 rings (SSSR count). The van der Waals surface area contributed by atoms with Crippen LogP contribution >= 0.6 is 0 Å². The molecule has 0 aliphatic carbocycles. The van der Waals surface area contributed by atoms with Crippen LogP contribution in [0.2, 0.25) is 0 Å². The van der Waals surface area contributed by atoms with Gasteiger partial charge in [-0.15, -0.1) is 0 Å². The van der Waals surface area contributed by atoms with E-state index in [1.807, 2.05) is 0 Å². The summed E-state index contributed by atoms with van der Waals surface area (Å²) in [6.45, 7) is 0. The standard InChI is InChI=1S/C16H14N4O2/c17-19-15(21)13-7-3-11(4-8-13)1-2-12-5-9-14(10-6-12)16(22)20-18/h3-10H,17-18H2,(H,19,21)(H,20,22). The summed E-state index contributed by atoms with van der Waals surface area (Å²) in [6, 6.07) is 13.5. The molecule has 0 unspecified atom stereocenters. The summed E-state index contributed by atoms with van der Waals surface area (Å²) < 4.78 is 0. The van der Waals surface area contributed by atoms with E-state index in [4.69, 9.17) is 11.7 Å². The molecule has 0 bridgehead atoms. The van der Waals surface area contributed by atoms with Crippen molar-refractivity contribution >= 4 is 11.8 Å². The Balaban J connectivity index is 2.13. The number of benzene rings is 2. The second kappa shape index (κ2) is 7.04. The van der Waals surface area contributed by atoms with E-state index in [0.29, 0.717) is 11.1 Å². The van der Waals surface area contributed by atoms with Gasteiger partial charge in [0.25, 0.3) is 11.8 Å². The number of hydrogen-bond donors (Lipinski definition) is 4. The Bertz CT molecular complexity index is 677. The Labute approximate surface area is 127 Å². The molecule has 0 saturated carbocycles. The predicted octanol–water partition coefficient (Wildman–Crippen LogP) is 0.293. The van der Waals surface area contributed by atoms with Crippen molar-refractivity contribution in [2.45, 2.75) is 0 Å². The number of amides is 2. The predicted molar refractivity (Wildman–Crippen MR) is 82.2 cm³/mol. The molecule has 0 atom stereocenters. The maximum atomic E-state index is 11.3. The van der Waals surface area contributed by atoms with Crippen molar-refractivity contribution in [2.24, 2.45) is 11.7 Å². The van der Waals surface area contributed by atoms with Crippen molar-refractivity contribution in [1.82, 2.24) is 10.9 Å². The van der Waals surface area contributed by atoms with Crippen LogP contribution in [0.25, 0.3) is 0 Å². The minimum absolute atomic E-state index is 0.353. The molecule has 2 aromatic rings. The fourth-order valence-corrected chi connectivity index (χ4v) is 1.72. The maximum absolute atomic E-state index is 11.3. The molecule has 110 valence electrons. The first-order chi connectivity index (χ1) is 10.6. The van der Waals surface area contributed by atoms with Gasteiger partial charge in [-0.1, -0.05) is 11.8 Å². The van der Waals surface area contributed by atoms with E-state index >= 15 is 0 Å². The average Bonchev–Trinajstić information content (AvgIpc) is 2.59. The highest BCUT2D eigenvalue weighted by molar-refractivity contribution is 5.94. The van der Waals surface area contributed by atoms with Gasteiger partial charge in [-0.2, -0.15) is 0 Å². The zero-order chi connectivity index (χ0) is 15.9. The van der Waals surface area contributed by atoms with Crippen molar-refractivity contribution in [2.75, 3.05) is 0 Å². The number of rotatable bonds is 2. The van der Waals surface area contributed by atoms with E-state index in [0.717, 1.165) is 11.1 Å². The highest BCUT2D eigenvalue weighted by Gasteiger charge is 2.02. The topological polar surface area (TPSA) is 110 Å². The summed E-state index contributed by atoms with van der Waals surface area (Å²) in [6.07, 6.45) is 0. The van der Waals surface area contributed by atoms with E-state index in [1.165, 1.54) is 0 Å². The largest absolute Gasteiger partial charge is 0.290 e. The van der Waals surface area contributed by atoms with E-state index in [9.17, 15) is 9.59 Å². The Morgan fingerprint density at radius 1 is 0.682 bits per heavy atom. The van der Waals surface area contributed by atoms with Gasteiger partial charge in [0.15, 0.2) is 0 Å². The van der Waals surface area contributed by atoms with Gasteiger partial charge in [0.1, 0.15) is 0 Å². The summed E-state index contributed by atoms with van der Waals surface area (Å²) in [5.41, 5.74) is 6.57. The van der Waals surface area contributed by atoms with Crippen molar-refractivity contribution in [1.29, 1.82) is 0 Å². The minimum Gasteiger partial charge on any atom is -0.290 e. The molecule has 0 spiro atoms. The summed E-state index contributed by atoms with van der Waals surface area (Å²) in [5, 5.41) is 0. The number of hydrogen-bond acceptors (Lipinski definition) is 4. The van der Waals surface area contributed by atoms with Gasteiger partial charge in [-0.3, -0.25) is 20.4 Å². The lowest BCUT2D eigenvalue weighted by molar-refractivity contribution is 0.0945. The highest BCUT2D eigenvalue weighted by Crippen LogP contribution is 2.05. The molecule has 6 heteroatoms. The highest BCUT2D eigenvalue weighted by atomic mass is 16.2.